The van der Waals surface area contributed by atoms with E-state index in [2.05, 4.69) is 17.9 Å². The Kier molecular flexibility index (Phi) is 2.35. The number of aliphatic hydroxyl groups is 1. The molecule has 0 bridgehead atoms. The summed E-state index contributed by atoms with van der Waals surface area (Å²) < 4.78 is 0. The highest BCUT2D eigenvalue weighted by atomic mass is 16.2. The van der Waals surface area contributed by atoms with Gasteiger partial charge in [0.1, 0.15) is 6.61 Å². The number of aliphatic hydroxyl groups excluding tert-OH is 1. The highest BCUT2D eigenvalue weighted by Crippen LogP contribution is 2.15. The van der Waals surface area contributed by atoms with E-state index in [-0.39, 0.29) is 6.61 Å². The lowest BCUT2D eigenvalue weighted by Crippen LogP contribution is -1.74. The molecule has 1 aliphatic rings. The average Bonchev–Trinajstić information content (AvgIpc) is 2.34. The second-order valence-corrected chi connectivity index (χ2v) is 2.08. The molecule has 0 atom stereocenters. The Morgan fingerprint density at radius 1 is 1.67 bits per heavy atom. The summed E-state index contributed by atoms with van der Waals surface area (Å²) >= 11 is 0. The fourth-order valence-corrected chi connectivity index (χ4v) is 0.937. The van der Waals surface area contributed by atoms with E-state index in [1.54, 1.807) is 0 Å². The molecule has 0 amide bonds. The van der Waals surface area contributed by atoms with Crippen LogP contribution in [0.3, 0.4) is 0 Å². The summed E-state index contributed by atoms with van der Waals surface area (Å²) in [6.07, 6.45) is 5.64. The number of hydrogen-bond acceptors (Lipinski definition) is 1. The average molecular weight is 122 g/mol. The molecule has 0 aliphatic heterocycles. The van der Waals surface area contributed by atoms with Crippen molar-refractivity contribution in [1.82, 2.24) is 0 Å². The van der Waals surface area contributed by atoms with Gasteiger partial charge in [-0.25, -0.2) is 0 Å². The summed E-state index contributed by atoms with van der Waals surface area (Å²) in [5.41, 5.74) is 1.20. The van der Waals surface area contributed by atoms with Crippen LogP contribution in [0, 0.1) is 11.8 Å². The van der Waals surface area contributed by atoms with Gasteiger partial charge in [0.15, 0.2) is 0 Å². The Balaban J connectivity index is 2.43. The fraction of sp³-hybridized carbons (Fsp3) is 0.500. The standard InChI is InChI=1S/C8H10O/c9-7-3-6-8-4-1-2-5-8/h4,9H,1-2,5,7H2. The van der Waals surface area contributed by atoms with Gasteiger partial charge in [-0.2, -0.15) is 0 Å². The van der Waals surface area contributed by atoms with Crippen molar-refractivity contribution in [3.63, 3.8) is 0 Å². The van der Waals surface area contributed by atoms with Crippen molar-refractivity contribution < 1.29 is 5.11 Å². The van der Waals surface area contributed by atoms with E-state index in [4.69, 9.17) is 5.11 Å². The third kappa shape index (κ3) is 1.91. The molecule has 0 saturated heterocycles. The molecule has 9 heavy (non-hydrogen) atoms. The van der Waals surface area contributed by atoms with E-state index in [1.165, 1.54) is 12.0 Å². The Bertz CT molecular complexity index is 169. The molecule has 0 heterocycles. The van der Waals surface area contributed by atoms with Crippen LogP contribution < -0.4 is 0 Å². The van der Waals surface area contributed by atoms with Crippen molar-refractivity contribution in [3.05, 3.63) is 11.6 Å². The fourth-order valence-electron chi connectivity index (χ4n) is 0.937. The molecule has 0 spiro atoms. The summed E-state index contributed by atoms with van der Waals surface area (Å²) in [6.45, 7) is -0.0165. The zero-order valence-electron chi connectivity index (χ0n) is 5.35. The summed E-state index contributed by atoms with van der Waals surface area (Å²) in [5.74, 6) is 5.52. The summed E-state index contributed by atoms with van der Waals surface area (Å²) in [6, 6.07) is 0. The number of hydrogen-bond donors (Lipinski definition) is 1. The smallest absolute Gasteiger partial charge is 0.104 e. The number of allylic oxidation sites excluding steroid dienone is 2. The Morgan fingerprint density at radius 3 is 3.11 bits per heavy atom. The minimum Gasteiger partial charge on any atom is -0.384 e. The third-order valence-corrected chi connectivity index (χ3v) is 1.37. The molecule has 0 aromatic heterocycles. The molecule has 1 heteroatoms. The SMILES string of the molecule is OCC#CC1=CCCC1. The van der Waals surface area contributed by atoms with Crippen molar-refractivity contribution >= 4 is 0 Å². The Labute approximate surface area is 55.4 Å². The van der Waals surface area contributed by atoms with Crippen molar-refractivity contribution in [2.24, 2.45) is 0 Å². The van der Waals surface area contributed by atoms with Crippen LogP contribution in [-0.2, 0) is 0 Å². The molecule has 0 fully saturated rings. The monoisotopic (exact) mass is 122 g/mol. The van der Waals surface area contributed by atoms with E-state index in [1.807, 2.05) is 0 Å². The first-order chi connectivity index (χ1) is 4.43. The predicted octanol–water partition coefficient (Wildman–Crippen LogP) is 1.09. The zero-order chi connectivity index (χ0) is 6.53. The Hall–Kier alpha value is -0.740. The first-order valence-corrected chi connectivity index (χ1v) is 3.22. The van der Waals surface area contributed by atoms with Crippen LogP contribution >= 0.6 is 0 Å². The zero-order valence-corrected chi connectivity index (χ0v) is 5.35. The van der Waals surface area contributed by atoms with Gasteiger partial charge in [-0.05, 0) is 24.8 Å². The van der Waals surface area contributed by atoms with Crippen LogP contribution in [0.2, 0.25) is 0 Å². The maximum atomic E-state index is 8.33. The minimum absolute atomic E-state index is 0.0165. The molecule has 1 aliphatic carbocycles. The molecule has 1 nitrogen and oxygen atoms in total. The van der Waals surface area contributed by atoms with Gasteiger partial charge in [0.2, 0.25) is 0 Å². The molecule has 0 saturated carbocycles. The first kappa shape index (κ1) is 6.38. The highest BCUT2D eigenvalue weighted by Gasteiger charge is 1.98. The van der Waals surface area contributed by atoms with Crippen LogP contribution in [0.5, 0.6) is 0 Å². The quantitative estimate of drug-likeness (QED) is 0.477. The van der Waals surface area contributed by atoms with E-state index in [0.717, 1.165) is 12.8 Å². The second kappa shape index (κ2) is 3.32. The van der Waals surface area contributed by atoms with Crippen molar-refractivity contribution in [1.29, 1.82) is 0 Å². The Morgan fingerprint density at radius 2 is 2.56 bits per heavy atom. The van der Waals surface area contributed by atoms with Crippen molar-refractivity contribution in [3.8, 4) is 11.8 Å². The van der Waals surface area contributed by atoms with Gasteiger partial charge in [0, 0.05) is 0 Å². The largest absolute Gasteiger partial charge is 0.384 e. The molecular weight excluding hydrogens is 112 g/mol. The number of rotatable bonds is 0. The maximum absolute atomic E-state index is 8.33. The lowest BCUT2D eigenvalue weighted by molar-refractivity contribution is 0.350. The summed E-state index contributed by atoms with van der Waals surface area (Å²) in [7, 11) is 0. The van der Waals surface area contributed by atoms with Crippen LogP contribution in [0.4, 0.5) is 0 Å². The maximum Gasteiger partial charge on any atom is 0.104 e. The lowest BCUT2D eigenvalue weighted by Gasteiger charge is -1.82. The predicted molar refractivity (Wildman–Crippen MR) is 36.8 cm³/mol. The molecule has 1 rings (SSSR count). The third-order valence-electron chi connectivity index (χ3n) is 1.37. The van der Waals surface area contributed by atoms with Gasteiger partial charge in [0.05, 0.1) is 0 Å². The van der Waals surface area contributed by atoms with Crippen LogP contribution in [0.15, 0.2) is 11.6 Å². The van der Waals surface area contributed by atoms with Crippen molar-refractivity contribution in [2.45, 2.75) is 19.3 Å². The highest BCUT2D eigenvalue weighted by molar-refractivity contribution is 5.30. The van der Waals surface area contributed by atoms with E-state index in [0.29, 0.717) is 0 Å². The van der Waals surface area contributed by atoms with Gasteiger partial charge >= 0.3 is 0 Å². The minimum atomic E-state index is -0.0165. The van der Waals surface area contributed by atoms with Crippen LogP contribution in [0.25, 0.3) is 0 Å². The van der Waals surface area contributed by atoms with Crippen LogP contribution in [0.1, 0.15) is 19.3 Å². The molecular formula is C8H10O. The molecule has 48 valence electrons. The first-order valence-electron chi connectivity index (χ1n) is 3.22. The normalized spacial score (nSPS) is 16.3. The van der Waals surface area contributed by atoms with E-state index in [9.17, 15) is 0 Å². The van der Waals surface area contributed by atoms with Gasteiger partial charge in [-0.1, -0.05) is 17.9 Å². The van der Waals surface area contributed by atoms with Gasteiger partial charge < -0.3 is 5.11 Å². The van der Waals surface area contributed by atoms with Gasteiger partial charge in [-0.3, -0.25) is 0 Å². The molecule has 1 N–H and O–H groups in total. The summed E-state index contributed by atoms with van der Waals surface area (Å²) in [5, 5.41) is 8.33. The van der Waals surface area contributed by atoms with Gasteiger partial charge in [0.25, 0.3) is 0 Å². The topological polar surface area (TPSA) is 20.2 Å². The van der Waals surface area contributed by atoms with E-state index >= 15 is 0 Å². The molecule has 0 aromatic rings. The second-order valence-electron chi connectivity index (χ2n) is 2.08. The van der Waals surface area contributed by atoms with Crippen LogP contribution in [-0.4, -0.2) is 11.7 Å². The van der Waals surface area contributed by atoms with Gasteiger partial charge in [-0.15, -0.1) is 0 Å². The summed E-state index contributed by atoms with van der Waals surface area (Å²) in [4.78, 5) is 0. The lowest BCUT2D eigenvalue weighted by atomic mass is 10.2. The molecule has 0 unspecified atom stereocenters. The van der Waals surface area contributed by atoms with E-state index < -0.39 is 0 Å². The van der Waals surface area contributed by atoms with Crippen molar-refractivity contribution in [2.75, 3.05) is 6.61 Å². The molecule has 0 radical (unpaired) electrons. The molecule has 0 aromatic carbocycles.